The van der Waals surface area contributed by atoms with Crippen molar-refractivity contribution in [2.24, 2.45) is 0 Å². The van der Waals surface area contributed by atoms with E-state index in [-0.39, 0.29) is 5.97 Å². The van der Waals surface area contributed by atoms with Crippen molar-refractivity contribution in [1.29, 1.82) is 0 Å². The molecule has 0 unspecified atom stereocenters. The first-order valence-electron chi connectivity index (χ1n) is 8.71. The molecule has 22 heavy (non-hydrogen) atoms. The third-order valence-electron chi connectivity index (χ3n) is 3.51. The molecule has 0 saturated carbocycles. The predicted octanol–water partition coefficient (Wildman–Crippen LogP) is 4.59. The van der Waals surface area contributed by atoms with Gasteiger partial charge in [0, 0.05) is 19.3 Å². The summed E-state index contributed by atoms with van der Waals surface area (Å²) in [7, 11) is -2.14. The van der Waals surface area contributed by atoms with Crippen LogP contribution in [0.25, 0.3) is 0 Å². The van der Waals surface area contributed by atoms with Crippen LogP contribution in [-0.2, 0) is 18.4 Å². The topological polar surface area (TPSA) is 44.8 Å². The molecular weight excluding hydrogens is 296 g/mol. The van der Waals surface area contributed by atoms with Crippen LogP contribution < -0.4 is 0 Å². The minimum Gasteiger partial charge on any atom is -0.463 e. The second kappa shape index (κ2) is 14.0. The van der Waals surface area contributed by atoms with E-state index in [9.17, 15) is 4.79 Å². The van der Waals surface area contributed by atoms with Gasteiger partial charge in [-0.25, -0.2) is 4.79 Å². The van der Waals surface area contributed by atoms with Crippen molar-refractivity contribution >= 4 is 14.5 Å². The average molecular weight is 331 g/mol. The van der Waals surface area contributed by atoms with E-state index in [2.05, 4.69) is 20.8 Å². The maximum atomic E-state index is 11.3. The molecule has 0 amide bonds. The second-order valence-corrected chi connectivity index (χ2v) is 9.05. The molecule has 0 fully saturated rings. The minimum atomic E-state index is -2.14. The maximum Gasteiger partial charge on any atom is 0.337 e. The van der Waals surface area contributed by atoms with Gasteiger partial charge in [0.2, 0.25) is 0 Å². The first kappa shape index (κ1) is 21.3. The number of hydrogen-bond acceptors (Lipinski definition) is 4. The number of esters is 1. The van der Waals surface area contributed by atoms with Crippen LogP contribution in [-0.4, -0.2) is 34.4 Å². The fourth-order valence-corrected chi connectivity index (χ4v) is 4.92. The lowest BCUT2D eigenvalue weighted by molar-refractivity contribution is -0.137. The zero-order valence-electron chi connectivity index (χ0n) is 14.9. The van der Waals surface area contributed by atoms with E-state index in [1.165, 1.54) is 6.08 Å². The maximum absolute atomic E-state index is 11.3. The SMILES string of the molecule is CC=CC(=O)OCCC[Si](CC)(OCCCC)OCCCC. The monoisotopic (exact) mass is 330 g/mol. The lowest BCUT2D eigenvalue weighted by Crippen LogP contribution is -2.42. The molecule has 0 heterocycles. The highest BCUT2D eigenvalue weighted by atomic mass is 28.4. The molecule has 0 spiro atoms. The van der Waals surface area contributed by atoms with Crippen molar-refractivity contribution in [2.45, 2.75) is 71.9 Å². The van der Waals surface area contributed by atoms with Crippen molar-refractivity contribution in [3.05, 3.63) is 12.2 Å². The molecule has 0 aromatic heterocycles. The number of unbranched alkanes of at least 4 members (excludes halogenated alkanes) is 2. The van der Waals surface area contributed by atoms with Crippen molar-refractivity contribution in [3.8, 4) is 0 Å². The summed E-state index contributed by atoms with van der Waals surface area (Å²) < 4.78 is 17.5. The highest BCUT2D eigenvalue weighted by Crippen LogP contribution is 2.22. The van der Waals surface area contributed by atoms with Gasteiger partial charge in [0.05, 0.1) is 6.61 Å². The summed E-state index contributed by atoms with van der Waals surface area (Å²) in [5.41, 5.74) is 0. The van der Waals surface area contributed by atoms with Crippen LogP contribution in [0.1, 0.15) is 59.8 Å². The van der Waals surface area contributed by atoms with E-state index in [4.69, 9.17) is 13.6 Å². The molecule has 0 saturated heterocycles. The molecule has 0 aromatic carbocycles. The lowest BCUT2D eigenvalue weighted by Gasteiger charge is -2.30. The van der Waals surface area contributed by atoms with Gasteiger partial charge >= 0.3 is 14.5 Å². The molecular formula is C17H34O4Si. The Morgan fingerprint density at radius 2 is 1.55 bits per heavy atom. The van der Waals surface area contributed by atoms with E-state index in [0.29, 0.717) is 6.61 Å². The fraction of sp³-hybridized carbons (Fsp3) is 0.824. The molecule has 0 aliphatic rings. The molecule has 0 N–H and O–H groups in total. The number of carbonyl (C=O) groups is 1. The Morgan fingerprint density at radius 3 is 2.00 bits per heavy atom. The largest absolute Gasteiger partial charge is 0.463 e. The second-order valence-electron chi connectivity index (χ2n) is 5.44. The quantitative estimate of drug-likeness (QED) is 0.202. The van der Waals surface area contributed by atoms with Crippen molar-refractivity contribution < 1.29 is 18.4 Å². The lowest BCUT2D eigenvalue weighted by atomic mass is 10.4. The molecule has 0 rings (SSSR count). The molecule has 0 radical (unpaired) electrons. The standard InChI is InChI=1S/C17H34O4Si/c1-5-9-14-20-22(8-4,21-15-10-6-2)16-11-13-19-17(18)12-7-3/h7,12H,5-6,8-11,13-16H2,1-4H3. The predicted molar refractivity (Wildman–Crippen MR) is 93.2 cm³/mol. The first-order chi connectivity index (χ1) is 10.6. The van der Waals surface area contributed by atoms with Gasteiger partial charge in [-0.1, -0.05) is 39.7 Å². The highest BCUT2D eigenvalue weighted by Gasteiger charge is 2.35. The number of hydrogen-bond donors (Lipinski definition) is 0. The Hall–Kier alpha value is -0.653. The Morgan fingerprint density at radius 1 is 0.955 bits per heavy atom. The van der Waals surface area contributed by atoms with Crippen LogP contribution in [0.2, 0.25) is 12.1 Å². The van der Waals surface area contributed by atoms with Crippen LogP contribution in [0.3, 0.4) is 0 Å². The Labute approximate surface area is 137 Å². The molecule has 0 atom stereocenters. The minimum absolute atomic E-state index is 0.273. The summed E-state index contributed by atoms with van der Waals surface area (Å²) in [6, 6.07) is 1.84. The van der Waals surface area contributed by atoms with Crippen molar-refractivity contribution in [3.63, 3.8) is 0 Å². The van der Waals surface area contributed by atoms with Crippen LogP contribution in [0, 0.1) is 0 Å². The zero-order chi connectivity index (χ0) is 16.7. The first-order valence-corrected chi connectivity index (χ1v) is 10.9. The zero-order valence-corrected chi connectivity index (χ0v) is 15.9. The molecule has 5 heteroatoms. The van der Waals surface area contributed by atoms with Gasteiger partial charge < -0.3 is 13.6 Å². The van der Waals surface area contributed by atoms with Gasteiger partial charge in [0.25, 0.3) is 0 Å². The van der Waals surface area contributed by atoms with Crippen molar-refractivity contribution in [1.82, 2.24) is 0 Å². The molecule has 130 valence electrons. The van der Waals surface area contributed by atoms with E-state index in [1.807, 2.05) is 0 Å². The third kappa shape index (κ3) is 10.1. The molecule has 0 aliphatic carbocycles. The van der Waals surface area contributed by atoms with Gasteiger partial charge in [0.1, 0.15) is 0 Å². The van der Waals surface area contributed by atoms with Crippen molar-refractivity contribution in [2.75, 3.05) is 19.8 Å². The Bertz CT molecular complexity index is 295. The van der Waals surface area contributed by atoms with Crippen LogP contribution in [0.15, 0.2) is 12.2 Å². The number of ether oxygens (including phenoxy) is 1. The van der Waals surface area contributed by atoms with Crippen LogP contribution >= 0.6 is 0 Å². The van der Waals surface area contributed by atoms with Gasteiger partial charge in [0.15, 0.2) is 0 Å². The van der Waals surface area contributed by atoms with E-state index >= 15 is 0 Å². The summed E-state index contributed by atoms with van der Waals surface area (Å²) in [5.74, 6) is -0.273. The average Bonchev–Trinajstić information content (AvgIpc) is 2.51. The molecule has 0 bridgehead atoms. The van der Waals surface area contributed by atoms with Gasteiger partial charge in [-0.05, 0) is 38.3 Å². The van der Waals surface area contributed by atoms with E-state index in [0.717, 1.165) is 57.4 Å². The van der Waals surface area contributed by atoms with E-state index < -0.39 is 8.56 Å². The molecule has 4 nitrogen and oxygen atoms in total. The number of allylic oxidation sites excluding steroid dienone is 1. The van der Waals surface area contributed by atoms with Crippen LogP contribution in [0.4, 0.5) is 0 Å². The number of rotatable bonds is 14. The normalized spacial score (nSPS) is 12.0. The van der Waals surface area contributed by atoms with Gasteiger partial charge in [-0.15, -0.1) is 0 Å². The smallest absolute Gasteiger partial charge is 0.337 e. The Kier molecular flexibility index (Phi) is 13.6. The van der Waals surface area contributed by atoms with Gasteiger partial charge in [-0.2, -0.15) is 0 Å². The summed E-state index contributed by atoms with van der Waals surface area (Å²) in [6.45, 7) is 10.3. The van der Waals surface area contributed by atoms with Crippen LogP contribution in [0.5, 0.6) is 0 Å². The van der Waals surface area contributed by atoms with Gasteiger partial charge in [-0.3, -0.25) is 0 Å². The summed E-state index contributed by atoms with van der Waals surface area (Å²) in [4.78, 5) is 11.3. The summed E-state index contributed by atoms with van der Waals surface area (Å²) in [5, 5.41) is 0. The third-order valence-corrected chi connectivity index (χ3v) is 7.17. The highest BCUT2D eigenvalue weighted by molar-refractivity contribution is 6.67. The number of carbonyl (C=O) groups excluding carboxylic acids is 1. The molecule has 0 aromatic rings. The fourth-order valence-electron chi connectivity index (χ4n) is 2.07. The van der Waals surface area contributed by atoms with E-state index in [1.54, 1.807) is 13.0 Å². The summed E-state index contributed by atoms with van der Waals surface area (Å²) >= 11 is 0. The molecule has 0 aliphatic heterocycles. The summed E-state index contributed by atoms with van der Waals surface area (Å²) in [6.07, 6.45) is 8.34. The Balaban J connectivity index is 4.31.